The van der Waals surface area contributed by atoms with Crippen LogP contribution in [-0.4, -0.2) is 29.7 Å². The molecule has 2 aromatic carbocycles. The molecule has 0 saturated carbocycles. The van der Waals surface area contributed by atoms with Crippen LogP contribution in [-0.2, 0) is 10.0 Å². The van der Waals surface area contributed by atoms with Crippen molar-refractivity contribution < 1.29 is 28.5 Å². The van der Waals surface area contributed by atoms with Crippen molar-refractivity contribution in [3.63, 3.8) is 0 Å². The second kappa shape index (κ2) is 5.57. The Hall–Kier alpha value is -2.74. The van der Waals surface area contributed by atoms with Gasteiger partial charge in [-0.15, -0.1) is 0 Å². The lowest BCUT2D eigenvalue weighted by molar-refractivity contribution is 0.0694. The van der Waals surface area contributed by atoms with E-state index in [0.29, 0.717) is 0 Å². The first kappa shape index (κ1) is 15.6. The van der Waals surface area contributed by atoms with Crippen molar-refractivity contribution in [2.75, 3.05) is 4.72 Å². The summed E-state index contributed by atoms with van der Waals surface area (Å²) in [5.74, 6) is -2.89. The number of sulfonamides is 1. The van der Waals surface area contributed by atoms with Crippen molar-refractivity contribution >= 4 is 21.7 Å². The zero-order chi connectivity index (χ0) is 16.5. The maximum atomic E-state index is 12.2. The van der Waals surface area contributed by atoms with Crippen LogP contribution in [0.5, 0.6) is 11.5 Å². The van der Waals surface area contributed by atoms with E-state index < -0.39 is 38.7 Å². The van der Waals surface area contributed by atoms with Crippen LogP contribution in [0.1, 0.15) is 15.9 Å². The van der Waals surface area contributed by atoms with Crippen molar-refractivity contribution in [1.82, 2.24) is 0 Å². The van der Waals surface area contributed by atoms with Gasteiger partial charge in [0, 0.05) is 0 Å². The number of phenols is 2. The topological polar surface area (TPSA) is 124 Å². The van der Waals surface area contributed by atoms with Crippen molar-refractivity contribution in [3.05, 3.63) is 47.5 Å². The number of benzene rings is 2. The summed E-state index contributed by atoms with van der Waals surface area (Å²) in [6.45, 7) is 1.79. The van der Waals surface area contributed by atoms with E-state index in [1.807, 2.05) is 4.72 Å². The van der Waals surface area contributed by atoms with Gasteiger partial charge in [-0.2, -0.15) is 0 Å². The third-order valence-electron chi connectivity index (χ3n) is 2.95. The summed E-state index contributed by atoms with van der Waals surface area (Å²) in [7, 11) is -4.08. The van der Waals surface area contributed by atoms with E-state index in [1.54, 1.807) is 19.1 Å². The maximum Gasteiger partial charge on any atom is 0.339 e. The summed E-state index contributed by atoms with van der Waals surface area (Å²) >= 11 is 0. The predicted octanol–water partition coefficient (Wildman–Crippen LogP) is 1.91. The third-order valence-corrected chi connectivity index (χ3v) is 4.32. The molecule has 0 fully saturated rings. The van der Waals surface area contributed by atoms with Crippen LogP contribution in [0.3, 0.4) is 0 Å². The summed E-state index contributed by atoms with van der Waals surface area (Å²) in [6, 6.07) is 7.83. The summed E-state index contributed by atoms with van der Waals surface area (Å²) < 4.78 is 26.4. The van der Waals surface area contributed by atoms with E-state index >= 15 is 0 Å². The number of aromatic hydroxyl groups is 2. The first-order valence-corrected chi connectivity index (χ1v) is 7.58. The average Bonchev–Trinajstić information content (AvgIpc) is 2.43. The molecule has 0 aromatic heterocycles. The van der Waals surface area contributed by atoms with E-state index in [1.165, 1.54) is 12.1 Å². The number of carboxylic acid groups (broad SMARTS) is 1. The van der Waals surface area contributed by atoms with Gasteiger partial charge in [-0.3, -0.25) is 4.72 Å². The van der Waals surface area contributed by atoms with Crippen LogP contribution in [0.2, 0.25) is 0 Å². The Kier molecular flexibility index (Phi) is 3.96. The van der Waals surface area contributed by atoms with Gasteiger partial charge in [-0.1, -0.05) is 17.7 Å². The second-order valence-corrected chi connectivity index (χ2v) is 6.26. The molecule has 7 nitrogen and oxygen atoms in total. The molecular formula is C14H13NO6S. The monoisotopic (exact) mass is 323 g/mol. The molecule has 2 aromatic rings. The average molecular weight is 323 g/mol. The zero-order valence-electron chi connectivity index (χ0n) is 11.4. The van der Waals surface area contributed by atoms with Gasteiger partial charge < -0.3 is 15.3 Å². The normalized spacial score (nSPS) is 11.1. The molecule has 4 N–H and O–H groups in total. The van der Waals surface area contributed by atoms with Crippen molar-refractivity contribution in [1.29, 1.82) is 0 Å². The Morgan fingerprint density at radius 3 is 2.18 bits per heavy atom. The zero-order valence-corrected chi connectivity index (χ0v) is 12.3. The Bertz CT molecular complexity index is 827. The third kappa shape index (κ3) is 2.96. The SMILES string of the molecule is Cc1ccc(S(=O)(=O)Nc2c(O)ccc(C(=O)O)c2O)cc1. The van der Waals surface area contributed by atoms with Crippen molar-refractivity contribution in [2.45, 2.75) is 11.8 Å². The molecule has 0 aliphatic heterocycles. The quantitative estimate of drug-likeness (QED) is 0.637. The van der Waals surface area contributed by atoms with Crippen molar-refractivity contribution in [2.24, 2.45) is 0 Å². The number of nitrogens with one attached hydrogen (secondary N) is 1. The van der Waals surface area contributed by atoms with E-state index in [2.05, 4.69) is 0 Å². The molecule has 8 heteroatoms. The lowest BCUT2D eigenvalue weighted by Crippen LogP contribution is -2.14. The van der Waals surface area contributed by atoms with Gasteiger partial charge in [0.05, 0.1) is 4.90 Å². The van der Waals surface area contributed by atoms with Gasteiger partial charge in [-0.05, 0) is 31.2 Å². The number of anilines is 1. The fourth-order valence-corrected chi connectivity index (χ4v) is 2.85. The summed E-state index contributed by atoms with van der Waals surface area (Å²) in [5.41, 5.74) is -0.252. The van der Waals surface area contributed by atoms with E-state index in [-0.39, 0.29) is 4.90 Å². The molecule has 0 atom stereocenters. The Morgan fingerprint density at radius 2 is 1.64 bits per heavy atom. The maximum absolute atomic E-state index is 12.2. The smallest absolute Gasteiger partial charge is 0.339 e. The molecule has 0 saturated heterocycles. The lowest BCUT2D eigenvalue weighted by Gasteiger charge is -2.12. The highest BCUT2D eigenvalue weighted by molar-refractivity contribution is 7.92. The van der Waals surface area contributed by atoms with Crippen LogP contribution in [0.25, 0.3) is 0 Å². The van der Waals surface area contributed by atoms with Crippen LogP contribution >= 0.6 is 0 Å². The Labute approximate surface area is 126 Å². The summed E-state index contributed by atoms with van der Waals surface area (Å²) in [5, 5.41) is 28.4. The summed E-state index contributed by atoms with van der Waals surface area (Å²) in [4.78, 5) is 10.9. The molecule has 0 amide bonds. The summed E-state index contributed by atoms with van der Waals surface area (Å²) in [6.07, 6.45) is 0. The molecule has 0 bridgehead atoms. The van der Waals surface area contributed by atoms with E-state index in [0.717, 1.165) is 17.7 Å². The minimum atomic E-state index is -4.08. The van der Waals surface area contributed by atoms with Crippen LogP contribution in [0.4, 0.5) is 5.69 Å². The van der Waals surface area contributed by atoms with Crippen LogP contribution in [0.15, 0.2) is 41.3 Å². The molecule has 0 spiro atoms. The largest absolute Gasteiger partial charge is 0.506 e. The number of hydrogen-bond acceptors (Lipinski definition) is 5. The Morgan fingerprint density at radius 1 is 1.05 bits per heavy atom. The first-order chi connectivity index (χ1) is 10.2. The lowest BCUT2D eigenvalue weighted by atomic mass is 10.1. The Balaban J connectivity index is 2.48. The number of carboxylic acids is 1. The molecule has 2 rings (SSSR count). The van der Waals surface area contributed by atoms with E-state index in [4.69, 9.17) is 5.11 Å². The minimum Gasteiger partial charge on any atom is -0.506 e. The number of rotatable bonds is 4. The molecule has 0 unspecified atom stereocenters. The van der Waals surface area contributed by atoms with Crippen LogP contribution < -0.4 is 4.72 Å². The fraction of sp³-hybridized carbons (Fsp3) is 0.0714. The minimum absolute atomic E-state index is 0.0855. The highest BCUT2D eigenvalue weighted by atomic mass is 32.2. The number of aryl methyl sites for hydroxylation is 1. The van der Waals surface area contributed by atoms with Gasteiger partial charge in [0.15, 0.2) is 5.75 Å². The van der Waals surface area contributed by atoms with Crippen molar-refractivity contribution in [3.8, 4) is 11.5 Å². The van der Waals surface area contributed by atoms with Gasteiger partial charge >= 0.3 is 5.97 Å². The van der Waals surface area contributed by atoms with Crippen LogP contribution in [0, 0.1) is 6.92 Å². The number of aromatic carboxylic acids is 1. The van der Waals surface area contributed by atoms with E-state index in [9.17, 15) is 23.4 Å². The molecule has 0 radical (unpaired) electrons. The molecule has 0 heterocycles. The molecule has 0 aliphatic carbocycles. The fourth-order valence-electron chi connectivity index (χ4n) is 1.76. The predicted molar refractivity (Wildman–Crippen MR) is 78.7 cm³/mol. The second-order valence-electron chi connectivity index (χ2n) is 4.58. The first-order valence-electron chi connectivity index (χ1n) is 6.10. The number of hydrogen-bond donors (Lipinski definition) is 4. The standard InChI is InChI=1S/C14H13NO6S/c1-8-2-4-9(5-3-8)22(20,21)15-12-11(16)7-6-10(13(12)17)14(18)19/h2-7,15-17H,1H3,(H,18,19). The molecule has 22 heavy (non-hydrogen) atoms. The highest BCUT2D eigenvalue weighted by Crippen LogP contribution is 2.37. The van der Waals surface area contributed by atoms with Gasteiger partial charge in [-0.25, -0.2) is 13.2 Å². The molecule has 116 valence electrons. The van der Waals surface area contributed by atoms with Gasteiger partial charge in [0.25, 0.3) is 10.0 Å². The number of phenolic OH excluding ortho intramolecular Hbond substituents is 1. The molecular weight excluding hydrogens is 310 g/mol. The van der Waals surface area contributed by atoms with Gasteiger partial charge in [0.2, 0.25) is 0 Å². The highest BCUT2D eigenvalue weighted by Gasteiger charge is 2.22. The molecule has 0 aliphatic rings. The number of carbonyl (C=O) groups is 1. The van der Waals surface area contributed by atoms with Gasteiger partial charge in [0.1, 0.15) is 17.0 Å².